The second-order valence-corrected chi connectivity index (χ2v) is 2.79. The summed E-state index contributed by atoms with van der Waals surface area (Å²) < 4.78 is 10.2. The van der Waals surface area contributed by atoms with Crippen LogP contribution in [0.4, 0.5) is 0 Å². The summed E-state index contributed by atoms with van der Waals surface area (Å²) in [5, 5.41) is 8.26. The molecule has 1 aliphatic heterocycles. The molecule has 1 aliphatic rings. The van der Waals surface area contributed by atoms with Crippen molar-refractivity contribution in [2.24, 2.45) is 0 Å². The summed E-state index contributed by atoms with van der Waals surface area (Å²) in [6.45, 7) is 1.16. The van der Waals surface area contributed by atoms with Crippen LogP contribution in [0.15, 0.2) is 0 Å². The minimum Gasteiger partial charge on any atom is -1.00 e. The van der Waals surface area contributed by atoms with Gasteiger partial charge in [0, 0.05) is 6.42 Å². The van der Waals surface area contributed by atoms with Crippen molar-refractivity contribution in [1.82, 2.24) is 0 Å². The van der Waals surface area contributed by atoms with Crippen molar-refractivity contribution in [2.45, 2.75) is 25.6 Å². The standard InChI is InChI=1S/C8H12O5.Li.H/c9-6(8(10)11)2-1-3-7-12-4-5-13-7;;/h7H,1-5H2,(H,10,11);;/q;+1;-1. The van der Waals surface area contributed by atoms with Crippen LogP contribution in [0, 0.1) is 0 Å². The minimum absolute atomic E-state index is 0. The smallest absolute Gasteiger partial charge is 1.00 e. The van der Waals surface area contributed by atoms with Gasteiger partial charge in [0.25, 0.3) is 0 Å². The van der Waals surface area contributed by atoms with Crippen LogP contribution in [0.25, 0.3) is 0 Å². The van der Waals surface area contributed by atoms with Gasteiger partial charge in [-0.1, -0.05) is 0 Å². The molecule has 1 N–H and O–H groups in total. The molecule has 0 aromatic heterocycles. The van der Waals surface area contributed by atoms with E-state index in [4.69, 9.17) is 14.6 Å². The summed E-state index contributed by atoms with van der Waals surface area (Å²) in [5.41, 5.74) is 0. The van der Waals surface area contributed by atoms with E-state index in [-0.39, 0.29) is 33.0 Å². The molecule has 0 bridgehead atoms. The Morgan fingerprint density at radius 1 is 1.36 bits per heavy atom. The zero-order valence-electron chi connectivity index (χ0n) is 9.19. The van der Waals surface area contributed by atoms with E-state index < -0.39 is 11.8 Å². The summed E-state index contributed by atoms with van der Waals surface area (Å²) in [7, 11) is 0. The molecule has 76 valence electrons. The van der Waals surface area contributed by atoms with E-state index in [1.807, 2.05) is 0 Å². The Morgan fingerprint density at radius 3 is 2.43 bits per heavy atom. The van der Waals surface area contributed by atoms with Gasteiger partial charge < -0.3 is 16.0 Å². The number of rotatable bonds is 5. The Morgan fingerprint density at radius 2 is 1.93 bits per heavy atom. The maximum atomic E-state index is 10.6. The maximum Gasteiger partial charge on any atom is 1.00 e. The zero-order valence-corrected chi connectivity index (χ0v) is 8.19. The van der Waals surface area contributed by atoms with Crippen LogP contribution >= 0.6 is 0 Å². The Labute approximate surface area is 95.4 Å². The molecule has 0 atom stereocenters. The molecule has 0 aromatic carbocycles. The minimum atomic E-state index is -1.37. The normalized spacial score (nSPS) is 16.3. The van der Waals surface area contributed by atoms with Gasteiger partial charge >= 0.3 is 24.8 Å². The van der Waals surface area contributed by atoms with Gasteiger partial charge in [-0.15, -0.1) is 0 Å². The van der Waals surface area contributed by atoms with Crippen LogP contribution in [-0.4, -0.2) is 36.4 Å². The molecule has 1 heterocycles. The molecule has 0 spiro atoms. The van der Waals surface area contributed by atoms with Crippen LogP contribution in [0.2, 0.25) is 0 Å². The van der Waals surface area contributed by atoms with E-state index in [2.05, 4.69) is 0 Å². The molecule has 1 rings (SSSR count). The van der Waals surface area contributed by atoms with E-state index in [9.17, 15) is 9.59 Å². The average Bonchev–Trinajstić information content (AvgIpc) is 2.56. The molecule has 0 radical (unpaired) electrons. The molecule has 1 fully saturated rings. The third kappa shape index (κ3) is 4.77. The number of aliphatic carboxylic acids is 1. The molecule has 0 amide bonds. The van der Waals surface area contributed by atoms with Crippen molar-refractivity contribution < 1.29 is 44.5 Å². The van der Waals surface area contributed by atoms with Crippen molar-refractivity contribution in [3.63, 3.8) is 0 Å². The van der Waals surface area contributed by atoms with Crippen LogP contribution in [0.5, 0.6) is 0 Å². The Kier molecular flexibility index (Phi) is 6.84. The molecule has 5 nitrogen and oxygen atoms in total. The number of hydrogen-bond donors (Lipinski definition) is 1. The summed E-state index contributed by atoms with van der Waals surface area (Å²) in [6.07, 6.45) is 0.884. The molecule has 0 aliphatic carbocycles. The second-order valence-electron chi connectivity index (χ2n) is 2.79. The van der Waals surface area contributed by atoms with Gasteiger partial charge in [-0.05, 0) is 12.8 Å². The Hall–Kier alpha value is -0.343. The van der Waals surface area contributed by atoms with Crippen molar-refractivity contribution in [3.05, 3.63) is 0 Å². The summed E-state index contributed by atoms with van der Waals surface area (Å²) in [4.78, 5) is 20.7. The average molecular weight is 196 g/mol. The molecule has 6 heteroatoms. The van der Waals surface area contributed by atoms with Gasteiger partial charge in [0.05, 0.1) is 13.2 Å². The molecule has 0 saturated carbocycles. The van der Waals surface area contributed by atoms with Gasteiger partial charge in [0.2, 0.25) is 5.78 Å². The SMILES string of the molecule is O=C(O)C(=O)CCCC1OCCO1.[H-].[Li+]. The van der Waals surface area contributed by atoms with Crippen molar-refractivity contribution in [3.8, 4) is 0 Å². The van der Waals surface area contributed by atoms with Gasteiger partial charge in [-0.3, -0.25) is 4.79 Å². The fourth-order valence-electron chi connectivity index (χ4n) is 1.11. The van der Waals surface area contributed by atoms with Gasteiger partial charge in [0.15, 0.2) is 6.29 Å². The topological polar surface area (TPSA) is 72.8 Å². The summed E-state index contributed by atoms with van der Waals surface area (Å²) in [6, 6.07) is 0. The number of carbonyl (C=O) groups excluding carboxylic acids is 1. The van der Waals surface area contributed by atoms with Crippen LogP contribution < -0.4 is 18.9 Å². The number of carbonyl (C=O) groups is 2. The van der Waals surface area contributed by atoms with E-state index in [1.54, 1.807) is 0 Å². The maximum absolute atomic E-state index is 10.6. The summed E-state index contributed by atoms with van der Waals surface area (Å²) in [5.74, 6) is -2.12. The number of ketones is 1. The predicted octanol–water partition coefficient (Wildman–Crippen LogP) is -2.70. The monoisotopic (exact) mass is 196 g/mol. The second kappa shape index (κ2) is 7.02. The largest absolute Gasteiger partial charge is 1.00 e. The van der Waals surface area contributed by atoms with Crippen LogP contribution in [0.3, 0.4) is 0 Å². The summed E-state index contributed by atoms with van der Waals surface area (Å²) >= 11 is 0. The molecule has 0 unspecified atom stereocenters. The number of carboxylic acids is 1. The number of Topliss-reactive ketones (excluding diaryl/α,β-unsaturated/α-hetero) is 1. The first-order valence-corrected chi connectivity index (χ1v) is 4.19. The molecule has 14 heavy (non-hydrogen) atoms. The molecular formula is C8H13LiO5. The van der Waals surface area contributed by atoms with E-state index >= 15 is 0 Å². The Balaban J connectivity index is 0. The fourth-order valence-corrected chi connectivity index (χ4v) is 1.11. The quantitative estimate of drug-likeness (QED) is 0.382. The molecule has 0 aromatic rings. The van der Waals surface area contributed by atoms with E-state index in [1.165, 1.54) is 0 Å². The van der Waals surface area contributed by atoms with Crippen LogP contribution in [-0.2, 0) is 19.1 Å². The van der Waals surface area contributed by atoms with Crippen molar-refractivity contribution in [1.29, 1.82) is 0 Å². The van der Waals surface area contributed by atoms with E-state index in [0.29, 0.717) is 26.1 Å². The number of carboxylic acid groups (broad SMARTS) is 1. The van der Waals surface area contributed by atoms with Gasteiger partial charge in [0.1, 0.15) is 0 Å². The van der Waals surface area contributed by atoms with Crippen molar-refractivity contribution >= 4 is 11.8 Å². The third-order valence-electron chi connectivity index (χ3n) is 1.77. The molecule has 1 saturated heterocycles. The van der Waals surface area contributed by atoms with Crippen molar-refractivity contribution in [2.75, 3.05) is 13.2 Å². The first-order valence-electron chi connectivity index (χ1n) is 4.19. The fraction of sp³-hybridized carbons (Fsp3) is 0.750. The predicted molar refractivity (Wildman–Crippen MR) is 43.3 cm³/mol. The number of hydrogen-bond acceptors (Lipinski definition) is 4. The number of ether oxygens (including phenoxy) is 2. The first-order chi connectivity index (χ1) is 6.20. The van der Waals surface area contributed by atoms with Crippen LogP contribution in [0.1, 0.15) is 20.7 Å². The van der Waals surface area contributed by atoms with Gasteiger partial charge in [-0.25, -0.2) is 4.79 Å². The first kappa shape index (κ1) is 13.7. The van der Waals surface area contributed by atoms with Gasteiger partial charge in [-0.2, -0.15) is 0 Å². The zero-order chi connectivity index (χ0) is 9.68. The van der Waals surface area contributed by atoms with E-state index in [0.717, 1.165) is 0 Å². The third-order valence-corrected chi connectivity index (χ3v) is 1.77. The Bertz CT molecular complexity index is 205. The molecular weight excluding hydrogens is 183 g/mol.